The second-order valence-electron chi connectivity index (χ2n) is 8.28. The Balaban J connectivity index is 1.51. The van der Waals surface area contributed by atoms with Gasteiger partial charge in [-0.25, -0.2) is 0 Å². The van der Waals surface area contributed by atoms with Crippen molar-refractivity contribution in [2.45, 2.75) is 31.2 Å². The molecule has 0 bridgehead atoms. The van der Waals surface area contributed by atoms with Crippen molar-refractivity contribution >= 4 is 12.0 Å². The molecule has 7 nitrogen and oxygen atoms in total. The monoisotopic (exact) mass is 526 g/mol. The van der Waals surface area contributed by atoms with E-state index in [0.717, 1.165) is 30.7 Å². The fourth-order valence-corrected chi connectivity index (χ4v) is 3.98. The summed E-state index contributed by atoms with van der Waals surface area (Å²) < 4.78 is 92.0. The summed E-state index contributed by atoms with van der Waals surface area (Å²) in [4.78, 5) is 4.24. The Labute approximate surface area is 207 Å². The molecule has 1 aliphatic rings. The number of nitrogens with zero attached hydrogens (tertiary/aromatic N) is 3. The summed E-state index contributed by atoms with van der Waals surface area (Å²) in [6, 6.07) is 7.48. The zero-order valence-electron chi connectivity index (χ0n) is 19.2. The molecule has 13 heteroatoms. The van der Waals surface area contributed by atoms with E-state index in [1.54, 1.807) is 4.58 Å². The Hall–Kier alpha value is -4.03. The summed E-state index contributed by atoms with van der Waals surface area (Å²) in [5.41, 5.74) is 9.74. The molecular weight excluding hydrogens is 504 g/mol. The SMILES string of the molecule is NC(N)=[N+]1CCC[C@H]1c1nc(-c2ccc(OC/C=C/c3cccc(C(F)(F)F)c3)c(C(F)(F)F)c2)no1. The summed E-state index contributed by atoms with van der Waals surface area (Å²) in [6.45, 7) is 0.288. The first-order valence-electron chi connectivity index (χ1n) is 11.1. The summed E-state index contributed by atoms with van der Waals surface area (Å²) in [5, 5.41) is 3.81. The predicted octanol–water partition coefficient (Wildman–Crippen LogP) is 4.99. The molecule has 0 radical (unpaired) electrons. The summed E-state index contributed by atoms with van der Waals surface area (Å²) in [5.74, 6) is -0.222. The van der Waals surface area contributed by atoms with Crippen LogP contribution in [0, 0.1) is 0 Å². The van der Waals surface area contributed by atoms with Crippen LogP contribution in [-0.4, -0.2) is 33.8 Å². The lowest BCUT2D eigenvalue weighted by atomic mass is 10.1. The van der Waals surface area contributed by atoms with Crippen molar-refractivity contribution in [2.24, 2.45) is 11.5 Å². The number of hydrogen-bond acceptors (Lipinski definition) is 4. The molecule has 0 saturated carbocycles. The van der Waals surface area contributed by atoms with Crippen LogP contribution in [-0.2, 0) is 12.4 Å². The quantitative estimate of drug-likeness (QED) is 0.267. The maximum Gasteiger partial charge on any atom is 0.419 e. The highest BCUT2D eigenvalue weighted by Crippen LogP contribution is 2.39. The van der Waals surface area contributed by atoms with E-state index in [9.17, 15) is 26.3 Å². The van der Waals surface area contributed by atoms with Gasteiger partial charge in [-0.1, -0.05) is 23.4 Å². The van der Waals surface area contributed by atoms with Crippen LogP contribution in [0.5, 0.6) is 5.75 Å². The average Bonchev–Trinajstić information content (AvgIpc) is 3.51. The van der Waals surface area contributed by atoms with Crippen molar-refractivity contribution in [3.63, 3.8) is 0 Å². The Morgan fingerprint density at radius 1 is 1.08 bits per heavy atom. The van der Waals surface area contributed by atoms with Gasteiger partial charge in [-0.05, 0) is 54.8 Å². The molecule has 4 N–H and O–H groups in total. The lowest BCUT2D eigenvalue weighted by Crippen LogP contribution is -2.35. The molecule has 1 saturated heterocycles. The van der Waals surface area contributed by atoms with Crippen molar-refractivity contribution in [1.82, 2.24) is 10.1 Å². The van der Waals surface area contributed by atoms with Gasteiger partial charge in [0.1, 0.15) is 12.4 Å². The first kappa shape index (κ1) is 26.0. The maximum absolute atomic E-state index is 13.8. The molecule has 2 heterocycles. The Morgan fingerprint density at radius 2 is 1.86 bits per heavy atom. The number of guanidine groups is 1. The van der Waals surface area contributed by atoms with Crippen molar-refractivity contribution in [2.75, 3.05) is 13.2 Å². The Kier molecular flexibility index (Phi) is 7.14. The number of halogens is 6. The second-order valence-corrected chi connectivity index (χ2v) is 8.28. The lowest BCUT2D eigenvalue weighted by Gasteiger charge is -2.14. The van der Waals surface area contributed by atoms with E-state index >= 15 is 0 Å². The first-order chi connectivity index (χ1) is 17.4. The van der Waals surface area contributed by atoms with Crippen LogP contribution in [0.1, 0.15) is 41.5 Å². The molecule has 1 atom stereocenters. The molecule has 4 rings (SSSR count). The van der Waals surface area contributed by atoms with E-state index in [1.165, 1.54) is 30.4 Å². The third kappa shape index (κ3) is 6.04. The highest BCUT2D eigenvalue weighted by Gasteiger charge is 2.36. The van der Waals surface area contributed by atoms with E-state index in [4.69, 9.17) is 20.7 Å². The van der Waals surface area contributed by atoms with Gasteiger partial charge in [0, 0.05) is 5.56 Å². The van der Waals surface area contributed by atoms with Crippen LogP contribution in [0.4, 0.5) is 26.3 Å². The third-order valence-electron chi connectivity index (χ3n) is 5.71. The maximum atomic E-state index is 13.8. The molecule has 0 aliphatic carbocycles. The van der Waals surface area contributed by atoms with Gasteiger partial charge in [-0.3, -0.25) is 16.0 Å². The molecule has 0 amide bonds. The van der Waals surface area contributed by atoms with E-state index in [0.29, 0.717) is 13.0 Å². The number of nitrogens with two attached hydrogens (primary N) is 2. The summed E-state index contributed by atoms with van der Waals surface area (Å²) in [6.07, 6.45) is -5.18. The molecule has 1 aromatic heterocycles. The Morgan fingerprint density at radius 3 is 2.57 bits per heavy atom. The molecule has 37 heavy (non-hydrogen) atoms. The normalized spacial score (nSPS) is 16.5. The van der Waals surface area contributed by atoms with E-state index in [-0.39, 0.29) is 41.5 Å². The second kappa shape index (κ2) is 10.1. The van der Waals surface area contributed by atoms with Gasteiger partial charge in [-0.15, -0.1) is 0 Å². The molecular formula is C24H22F6N5O2+. The summed E-state index contributed by atoms with van der Waals surface area (Å²) >= 11 is 0. The zero-order chi connectivity index (χ0) is 26.8. The fourth-order valence-electron chi connectivity index (χ4n) is 3.98. The van der Waals surface area contributed by atoms with Gasteiger partial charge < -0.3 is 9.26 Å². The van der Waals surface area contributed by atoms with Crippen LogP contribution in [0.15, 0.2) is 53.1 Å². The van der Waals surface area contributed by atoms with Gasteiger partial charge in [0.15, 0.2) is 6.04 Å². The molecule has 0 spiro atoms. The highest BCUT2D eigenvalue weighted by molar-refractivity contribution is 5.70. The van der Waals surface area contributed by atoms with Crippen LogP contribution in [0.3, 0.4) is 0 Å². The predicted molar refractivity (Wildman–Crippen MR) is 121 cm³/mol. The molecule has 2 aromatic carbocycles. The number of rotatable bonds is 6. The van der Waals surface area contributed by atoms with Gasteiger partial charge in [-0.2, -0.15) is 31.3 Å². The van der Waals surface area contributed by atoms with Crippen molar-refractivity contribution in [3.8, 4) is 17.1 Å². The number of hydrogen-bond donors (Lipinski definition) is 2. The molecule has 3 aromatic rings. The topological polar surface area (TPSA) is 103 Å². The largest absolute Gasteiger partial charge is 0.489 e. The van der Waals surface area contributed by atoms with Crippen LogP contribution >= 0.6 is 0 Å². The highest BCUT2D eigenvalue weighted by atomic mass is 19.4. The van der Waals surface area contributed by atoms with E-state index in [1.807, 2.05) is 0 Å². The molecule has 0 unspecified atom stereocenters. The van der Waals surface area contributed by atoms with Gasteiger partial charge >= 0.3 is 18.3 Å². The average molecular weight is 526 g/mol. The standard InChI is InChI=1S/C24H21F6N5O2/c25-23(26,27)16-6-1-4-14(12-16)5-3-11-36-19-9-8-15(13-17(19)24(28,29)30)20-33-21(37-34-20)18-7-2-10-35(18)22(31)32/h1,3-6,8-9,12-13,18H,2,7,10-11H2,(H3,31,32)/p+1/b5-3+/t18-/m0/s1. The smallest absolute Gasteiger partial charge is 0.419 e. The number of alkyl halides is 6. The minimum atomic E-state index is -4.76. The Bertz CT molecular complexity index is 1330. The minimum Gasteiger partial charge on any atom is -0.489 e. The fraction of sp³-hybridized carbons (Fsp3) is 0.292. The first-order valence-corrected chi connectivity index (χ1v) is 11.1. The van der Waals surface area contributed by atoms with Gasteiger partial charge in [0.25, 0.3) is 5.89 Å². The van der Waals surface area contributed by atoms with E-state index < -0.39 is 29.2 Å². The zero-order valence-corrected chi connectivity index (χ0v) is 19.2. The minimum absolute atomic E-state index is 0.0427. The molecule has 1 fully saturated rings. The third-order valence-corrected chi connectivity index (χ3v) is 5.71. The number of ether oxygens (including phenoxy) is 1. The van der Waals surface area contributed by atoms with Crippen LogP contribution in [0.25, 0.3) is 17.5 Å². The summed E-state index contributed by atoms with van der Waals surface area (Å²) in [7, 11) is 0. The van der Waals surface area contributed by atoms with E-state index in [2.05, 4.69) is 10.1 Å². The lowest BCUT2D eigenvalue weighted by molar-refractivity contribution is -0.555. The van der Waals surface area contributed by atoms with Crippen molar-refractivity contribution < 1.29 is 40.2 Å². The van der Waals surface area contributed by atoms with Crippen molar-refractivity contribution in [3.05, 3.63) is 71.1 Å². The molecule has 1 aliphatic heterocycles. The van der Waals surface area contributed by atoms with Gasteiger partial charge in [0.2, 0.25) is 5.82 Å². The number of benzene rings is 2. The molecule has 196 valence electrons. The van der Waals surface area contributed by atoms with Crippen LogP contribution in [0.2, 0.25) is 0 Å². The van der Waals surface area contributed by atoms with Crippen LogP contribution < -0.4 is 16.2 Å². The number of aromatic nitrogens is 2. The van der Waals surface area contributed by atoms with Crippen molar-refractivity contribution in [1.29, 1.82) is 0 Å². The van der Waals surface area contributed by atoms with Gasteiger partial charge in [0.05, 0.1) is 17.7 Å².